The maximum atomic E-state index is 12.9. The van der Waals surface area contributed by atoms with Gasteiger partial charge in [-0.3, -0.25) is 4.79 Å². The largest absolute Gasteiger partial charge is 0.456 e. The van der Waals surface area contributed by atoms with E-state index in [0.29, 0.717) is 6.07 Å². The number of nitrogens with one attached hydrogen (secondary N) is 1. The van der Waals surface area contributed by atoms with Gasteiger partial charge in [0, 0.05) is 5.56 Å². The third-order valence-corrected chi connectivity index (χ3v) is 4.12. The number of amides is 1. The summed E-state index contributed by atoms with van der Waals surface area (Å²) in [5.41, 5.74) is -1.14. The number of hydrogen-bond donors (Lipinski definition) is 1. The van der Waals surface area contributed by atoms with Crippen molar-refractivity contribution in [3.05, 3.63) is 57.6 Å². The molecule has 0 aromatic heterocycles. The third kappa shape index (κ3) is 5.26. The molecule has 1 amide bonds. The van der Waals surface area contributed by atoms with Gasteiger partial charge in [0.15, 0.2) is 0 Å². The topological polar surface area (TPSA) is 72.5 Å². The van der Waals surface area contributed by atoms with Crippen LogP contribution in [0.15, 0.2) is 36.4 Å². The fourth-order valence-corrected chi connectivity index (χ4v) is 2.76. The lowest BCUT2D eigenvalue weighted by Gasteiger charge is -2.13. The molecule has 0 aliphatic heterocycles. The molecule has 2 rings (SSSR count). The lowest BCUT2D eigenvalue weighted by molar-refractivity contribution is -0.137. The molecule has 0 fully saturated rings. The van der Waals surface area contributed by atoms with E-state index in [4.69, 9.17) is 27.9 Å². The molecule has 0 spiro atoms. The van der Waals surface area contributed by atoms with E-state index in [1.165, 1.54) is 18.2 Å². The van der Waals surface area contributed by atoms with E-state index in [0.717, 1.165) is 18.4 Å². The molecule has 0 aliphatic rings. The smallest absolute Gasteiger partial charge is 0.417 e. The van der Waals surface area contributed by atoms with Crippen molar-refractivity contribution >= 4 is 39.1 Å². The second-order valence-corrected chi connectivity index (χ2v) is 7.65. The third-order valence-electron chi connectivity index (χ3n) is 2.94. The highest BCUT2D eigenvalue weighted by Crippen LogP contribution is 2.38. The summed E-state index contributed by atoms with van der Waals surface area (Å²) in [4.78, 5) is 11.7. The summed E-state index contributed by atoms with van der Waals surface area (Å²) in [5, 5.41) is -0.585. The number of carbonyl (C=O) groups is 1. The highest BCUT2D eigenvalue weighted by molar-refractivity contribution is 7.89. The molecule has 140 valence electrons. The quantitative estimate of drug-likeness (QED) is 0.779. The van der Waals surface area contributed by atoms with Crippen LogP contribution >= 0.6 is 23.2 Å². The van der Waals surface area contributed by atoms with Crippen LogP contribution in [0.4, 0.5) is 13.2 Å². The molecule has 5 nitrogen and oxygen atoms in total. The molecule has 0 radical (unpaired) electrons. The van der Waals surface area contributed by atoms with Crippen molar-refractivity contribution in [2.75, 3.05) is 6.26 Å². The second kappa shape index (κ2) is 7.34. The lowest BCUT2D eigenvalue weighted by Crippen LogP contribution is -2.29. The van der Waals surface area contributed by atoms with Crippen molar-refractivity contribution in [2.24, 2.45) is 0 Å². The van der Waals surface area contributed by atoms with E-state index in [1.54, 1.807) is 4.72 Å². The molecule has 0 atom stereocenters. The summed E-state index contributed by atoms with van der Waals surface area (Å²) in [6, 6.07) is 6.52. The Bertz CT molecular complexity index is 962. The van der Waals surface area contributed by atoms with Gasteiger partial charge in [-0.25, -0.2) is 13.1 Å². The van der Waals surface area contributed by atoms with Crippen LogP contribution in [-0.4, -0.2) is 20.6 Å². The first-order chi connectivity index (χ1) is 11.9. The van der Waals surface area contributed by atoms with Gasteiger partial charge in [-0.1, -0.05) is 23.2 Å². The van der Waals surface area contributed by atoms with Gasteiger partial charge in [-0.15, -0.1) is 0 Å². The molecule has 1 N–H and O–H groups in total. The fourth-order valence-electron chi connectivity index (χ4n) is 1.86. The molecular weight excluding hydrogens is 418 g/mol. The van der Waals surface area contributed by atoms with Gasteiger partial charge < -0.3 is 4.74 Å². The highest BCUT2D eigenvalue weighted by atomic mass is 35.5. The number of rotatable bonds is 4. The highest BCUT2D eigenvalue weighted by Gasteiger charge is 2.33. The average Bonchev–Trinajstić information content (AvgIpc) is 2.48. The van der Waals surface area contributed by atoms with Gasteiger partial charge in [-0.2, -0.15) is 13.2 Å². The van der Waals surface area contributed by atoms with Crippen molar-refractivity contribution < 1.29 is 31.1 Å². The maximum absolute atomic E-state index is 12.9. The fraction of sp³-hybridized carbons (Fsp3) is 0.133. The molecule has 11 heteroatoms. The van der Waals surface area contributed by atoms with Crippen LogP contribution in [0, 0.1) is 0 Å². The molecule has 26 heavy (non-hydrogen) atoms. The van der Waals surface area contributed by atoms with Crippen molar-refractivity contribution in [1.82, 2.24) is 4.72 Å². The van der Waals surface area contributed by atoms with Crippen molar-refractivity contribution in [1.29, 1.82) is 0 Å². The van der Waals surface area contributed by atoms with Crippen LogP contribution < -0.4 is 9.46 Å². The molecule has 2 aromatic rings. The summed E-state index contributed by atoms with van der Waals surface area (Å²) < 4.78 is 67.8. The number of halogens is 5. The van der Waals surface area contributed by atoms with Gasteiger partial charge in [0.25, 0.3) is 5.91 Å². The Morgan fingerprint density at radius 3 is 2.27 bits per heavy atom. The van der Waals surface area contributed by atoms with Gasteiger partial charge in [0.2, 0.25) is 10.0 Å². The van der Waals surface area contributed by atoms with E-state index in [-0.39, 0.29) is 22.1 Å². The molecule has 0 saturated heterocycles. The summed E-state index contributed by atoms with van der Waals surface area (Å²) in [6.07, 6.45) is -3.85. The first kappa shape index (κ1) is 20.3. The Kier molecular flexibility index (Phi) is 5.74. The number of hydrogen-bond acceptors (Lipinski definition) is 4. The lowest BCUT2D eigenvalue weighted by atomic mass is 10.2. The van der Waals surface area contributed by atoms with Crippen LogP contribution in [0.25, 0.3) is 0 Å². The zero-order chi connectivity index (χ0) is 19.7. The van der Waals surface area contributed by atoms with E-state index in [1.807, 2.05) is 0 Å². The van der Waals surface area contributed by atoms with E-state index < -0.39 is 32.7 Å². The maximum Gasteiger partial charge on any atom is 0.417 e. The summed E-state index contributed by atoms with van der Waals surface area (Å²) in [5.74, 6) is -1.11. The van der Waals surface area contributed by atoms with Crippen molar-refractivity contribution in [3.63, 3.8) is 0 Å². The van der Waals surface area contributed by atoms with Crippen LogP contribution in [0.2, 0.25) is 10.0 Å². The predicted octanol–water partition coefficient (Wildman–Crippen LogP) is 4.49. The minimum absolute atomic E-state index is 0.0296. The van der Waals surface area contributed by atoms with Gasteiger partial charge in [-0.05, 0) is 36.4 Å². The first-order valence-corrected chi connectivity index (χ1v) is 9.38. The zero-order valence-electron chi connectivity index (χ0n) is 12.9. The number of alkyl halides is 3. The zero-order valence-corrected chi connectivity index (χ0v) is 15.2. The van der Waals surface area contributed by atoms with Crippen LogP contribution in [-0.2, 0) is 16.2 Å². The average molecular weight is 428 g/mol. The molecule has 2 aromatic carbocycles. The molecule has 0 aliphatic carbocycles. The summed E-state index contributed by atoms with van der Waals surface area (Å²) in [6.45, 7) is 0. The van der Waals surface area contributed by atoms with Gasteiger partial charge >= 0.3 is 6.18 Å². The molecule has 0 saturated carbocycles. The number of ether oxygens (including phenoxy) is 1. The van der Waals surface area contributed by atoms with Gasteiger partial charge in [0.05, 0.1) is 21.9 Å². The minimum Gasteiger partial charge on any atom is -0.456 e. The monoisotopic (exact) mass is 427 g/mol. The first-order valence-electron chi connectivity index (χ1n) is 6.73. The second-order valence-electron chi connectivity index (χ2n) is 5.09. The van der Waals surface area contributed by atoms with Crippen LogP contribution in [0.5, 0.6) is 11.5 Å². The van der Waals surface area contributed by atoms with Crippen LogP contribution in [0.3, 0.4) is 0 Å². The Morgan fingerprint density at radius 1 is 1.08 bits per heavy atom. The Labute approximate surface area is 156 Å². The molecule has 0 bridgehead atoms. The Hall–Kier alpha value is -1.97. The van der Waals surface area contributed by atoms with Crippen molar-refractivity contribution in [2.45, 2.75) is 6.18 Å². The Balaban J connectivity index is 2.28. The molecule has 0 heterocycles. The van der Waals surface area contributed by atoms with E-state index in [2.05, 4.69) is 0 Å². The van der Waals surface area contributed by atoms with Crippen molar-refractivity contribution in [3.8, 4) is 11.5 Å². The summed E-state index contributed by atoms with van der Waals surface area (Å²) in [7, 11) is -3.76. The Morgan fingerprint density at radius 2 is 1.73 bits per heavy atom. The normalized spacial score (nSPS) is 11.9. The number of carbonyl (C=O) groups excluding carboxylic acids is 1. The van der Waals surface area contributed by atoms with E-state index >= 15 is 0 Å². The minimum atomic E-state index is -4.66. The SMILES string of the molecule is CS(=O)(=O)NC(=O)c1ccc(Oc2ccc(Cl)c(C(F)(F)F)c2)c(Cl)c1. The predicted molar refractivity (Wildman–Crippen MR) is 90.3 cm³/mol. The van der Waals surface area contributed by atoms with Crippen LogP contribution in [0.1, 0.15) is 15.9 Å². The number of benzene rings is 2. The van der Waals surface area contributed by atoms with Gasteiger partial charge in [0.1, 0.15) is 11.5 Å². The molecular formula is C15H10Cl2F3NO4S. The van der Waals surface area contributed by atoms with E-state index in [9.17, 15) is 26.4 Å². The summed E-state index contributed by atoms with van der Waals surface area (Å²) >= 11 is 11.5. The number of sulfonamides is 1. The standard InChI is InChI=1S/C15H10Cl2F3NO4S/c1-26(23,24)21-14(22)8-2-5-13(12(17)6-8)25-9-3-4-11(16)10(7-9)15(18,19)20/h2-7H,1H3,(H,21,22). The molecule has 0 unspecified atom stereocenters.